The number of aliphatic hydroxyl groups excluding tert-OH is 1. The highest BCUT2D eigenvalue weighted by atomic mass is 16.4. The van der Waals surface area contributed by atoms with Gasteiger partial charge in [0.15, 0.2) is 6.04 Å². The van der Waals surface area contributed by atoms with Gasteiger partial charge in [0, 0.05) is 6.42 Å². The van der Waals surface area contributed by atoms with Crippen molar-refractivity contribution < 1.29 is 29.4 Å². The number of unbranched alkanes of at least 4 members (excludes halogenated alkanes) is 1. The summed E-state index contributed by atoms with van der Waals surface area (Å²) in [5, 5.41) is 26.4. The number of nitrogens with two attached hydrogens (primary N) is 2. The van der Waals surface area contributed by atoms with Crippen LogP contribution in [-0.2, 0) is 25.6 Å². The number of nitrogens with one attached hydrogen (secondary N) is 3. The number of aliphatic hydroxyl groups is 1. The number of benzene rings is 1. The van der Waals surface area contributed by atoms with Crippen molar-refractivity contribution in [2.75, 3.05) is 6.54 Å². The van der Waals surface area contributed by atoms with Crippen LogP contribution in [0.2, 0.25) is 0 Å². The van der Waals surface area contributed by atoms with E-state index in [4.69, 9.17) is 11.5 Å². The zero-order valence-electron chi connectivity index (χ0n) is 19.0. The molecule has 11 heteroatoms. The van der Waals surface area contributed by atoms with Gasteiger partial charge in [0.2, 0.25) is 17.7 Å². The van der Waals surface area contributed by atoms with Gasteiger partial charge in [-0.25, -0.2) is 4.79 Å². The highest BCUT2D eigenvalue weighted by Crippen LogP contribution is 2.07. The molecule has 0 spiro atoms. The molecule has 0 aliphatic rings. The van der Waals surface area contributed by atoms with E-state index >= 15 is 0 Å². The number of rotatable bonds is 14. The van der Waals surface area contributed by atoms with Crippen molar-refractivity contribution in [1.29, 1.82) is 0 Å². The van der Waals surface area contributed by atoms with Crippen LogP contribution in [-0.4, -0.2) is 70.7 Å². The normalized spacial score (nSPS) is 15.4. The van der Waals surface area contributed by atoms with Gasteiger partial charge in [-0.15, -0.1) is 0 Å². The Morgan fingerprint density at radius 1 is 0.909 bits per heavy atom. The Morgan fingerprint density at radius 3 is 2.00 bits per heavy atom. The molecular weight excluding hydrogens is 430 g/mol. The first-order chi connectivity index (χ1) is 15.6. The summed E-state index contributed by atoms with van der Waals surface area (Å²) >= 11 is 0. The third-order valence-electron chi connectivity index (χ3n) is 4.96. The number of carbonyl (C=O) groups is 4. The summed E-state index contributed by atoms with van der Waals surface area (Å²) in [5.41, 5.74) is 11.8. The molecule has 184 valence electrons. The molecule has 5 unspecified atom stereocenters. The maximum atomic E-state index is 13.0. The van der Waals surface area contributed by atoms with Crippen molar-refractivity contribution in [3.8, 4) is 0 Å². The molecule has 1 aromatic carbocycles. The van der Waals surface area contributed by atoms with E-state index in [1.807, 2.05) is 0 Å². The van der Waals surface area contributed by atoms with Crippen molar-refractivity contribution in [3.63, 3.8) is 0 Å². The second kappa shape index (κ2) is 14.2. The molecule has 0 saturated carbocycles. The van der Waals surface area contributed by atoms with Crippen molar-refractivity contribution in [1.82, 2.24) is 16.0 Å². The van der Waals surface area contributed by atoms with E-state index in [0.717, 1.165) is 5.56 Å². The number of aliphatic carboxylic acids is 1. The molecule has 0 bridgehead atoms. The Kier molecular flexibility index (Phi) is 12.0. The smallest absolute Gasteiger partial charge is 0.328 e. The van der Waals surface area contributed by atoms with Gasteiger partial charge in [-0.3, -0.25) is 14.4 Å². The first-order valence-electron chi connectivity index (χ1n) is 10.9. The average Bonchev–Trinajstić information content (AvgIpc) is 2.76. The lowest BCUT2D eigenvalue weighted by atomic mass is 10.0. The predicted molar refractivity (Wildman–Crippen MR) is 122 cm³/mol. The standard InChI is InChI=1S/C22H35N5O6/c1-13(24)19(29)25-16(10-6-7-11-23)20(30)26-17(12-15-8-4-3-5-9-15)21(31)27-18(14(2)28)22(32)33/h3-5,8-9,13-14,16-18,28H,6-7,10-12,23-24H2,1-2H3,(H,25,29)(H,26,30)(H,27,31)(H,32,33). The molecule has 0 aliphatic carbocycles. The lowest BCUT2D eigenvalue weighted by molar-refractivity contribution is -0.145. The van der Waals surface area contributed by atoms with Crippen LogP contribution in [0.4, 0.5) is 0 Å². The molecule has 11 nitrogen and oxygen atoms in total. The summed E-state index contributed by atoms with van der Waals surface area (Å²) in [6.45, 7) is 3.14. The van der Waals surface area contributed by atoms with Gasteiger partial charge in [-0.2, -0.15) is 0 Å². The summed E-state index contributed by atoms with van der Waals surface area (Å²) in [6.07, 6.45) is 0.203. The molecule has 0 fully saturated rings. The number of carboxylic acids is 1. The van der Waals surface area contributed by atoms with Gasteiger partial charge in [-0.05, 0) is 45.2 Å². The SMILES string of the molecule is CC(N)C(=O)NC(CCCCN)C(=O)NC(Cc1ccccc1)C(=O)NC(C(=O)O)C(C)O. The van der Waals surface area contributed by atoms with Gasteiger partial charge < -0.3 is 37.6 Å². The molecule has 33 heavy (non-hydrogen) atoms. The van der Waals surface area contributed by atoms with Crippen LogP contribution in [0.1, 0.15) is 38.7 Å². The maximum Gasteiger partial charge on any atom is 0.328 e. The van der Waals surface area contributed by atoms with E-state index < -0.39 is 54.0 Å². The monoisotopic (exact) mass is 465 g/mol. The lowest BCUT2D eigenvalue weighted by Crippen LogP contribution is -2.58. The molecular formula is C22H35N5O6. The minimum Gasteiger partial charge on any atom is -0.480 e. The average molecular weight is 466 g/mol. The lowest BCUT2D eigenvalue weighted by Gasteiger charge is -2.25. The van der Waals surface area contributed by atoms with E-state index in [-0.39, 0.29) is 12.8 Å². The number of hydrogen-bond donors (Lipinski definition) is 7. The minimum absolute atomic E-state index is 0.0708. The van der Waals surface area contributed by atoms with Crippen molar-refractivity contribution >= 4 is 23.7 Å². The van der Waals surface area contributed by atoms with E-state index in [9.17, 15) is 29.4 Å². The van der Waals surface area contributed by atoms with Crippen molar-refractivity contribution in [2.24, 2.45) is 11.5 Å². The Morgan fingerprint density at radius 2 is 1.48 bits per heavy atom. The van der Waals surface area contributed by atoms with E-state index in [1.165, 1.54) is 13.8 Å². The number of amides is 3. The molecule has 0 aromatic heterocycles. The van der Waals surface area contributed by atoms with Crippen LogP contribution in [0.5, 0.6) is 0 Å². The van der Waals surface area contributed by atoms with Gasteiger partial charge in [-0.1, -0.05) is 30.3 Å². The summed E-state index contributed by atoms with van der Waals surface area (Å²) in [5.74, 6) is -3.32. The molecule has 0 saturated heterocycles. The Hall–Kier alpha value is -3.02. The third kappa shape index (κ3) is 9.98. The van der Waals surface area contributed by atoms with Crippen LogP contribution in [0.15, 0.2) is 30.3 Å². The Balaban J connectivity index is 3.08. The fourth-order valence-electron chi connectivity index (χ4n) is 3.04. The summed E-state index contributed by atoms with van der Waals surface area (Å²) in [4.78, 5) is 49.4. The highest BCUT2D eigenvalue weighted by molar-refractivity contribution is 5.94. The van der Waals surface area contributed by atoms with E-state index in [0.29, 0.717) is 19.4 Å². The van der Waals surface area contributed by atoms with Gasteiger partial charge in [0.1, 0.15) is 12.1 Å². The van der Waals surface area contributed by atoms with Crippen LogP contribution in [0, 0.1) is 0 Å². The molecule has 3 amide bonds. The predicted octanol–water partition coefficient (Wildman–Crippen LogP) is -1.37. The summed E-state index contributed by atoms with van der Waals surface area (Å²) in [6, 6.07) is 4.35. The largest absolute Gasteiger partial charge is 0.480 e. The first kappa shape index (κ1) is 28.0. The van der Waals surface area contributed by atoms with Crippen molar-refractivity contribution in [3.05, 3.63) is 35.9 Å². The fraction of sp³-hybridized carbons (Fsp3) is 0.545. The molecule has 0 radical (unpaired) electrons. The summed E-state index contributed by atoms with van der Waals surface area (Å²) < 4.78 is 0. The molecule has 0 heterocycles. The Bertz CT molecular complexity index is 787. The molecule has 5 atom stereocenters. The quantitative estimate of drug-likeness (QED) is 0.163. The van der Waals surface area contributed by atoms with Crippen molar-refractivity contribution in [2.45, 2.75) is 69.8 Å². The number of hydrogen-bond acceptors (Lipinski definition) is 7. The second-order valence-corrected chi connectivity index (χ2v) is 7.95. The van der Waals surface area contributed by atoms with Gasteiger partial charge >= 0.3 is 5.97 Å². The third-order valence-corrected chi connectivity index (χ3v) is 4.96. The molecule has 1 rings (SSSR count). The number of carboxylic acid groups (broad SMARTS) is 1. The maximum absolute atomic E-state index is 13.0. The van der Waals surface area contributed by atoms with Gasteiger partial charge in [0.25, 0.3) is 0 Å². The second-order valence-electron chi connectivity index (χ2n) is 7.95. The summed E-state index contributed by atoms with van der Waals surface area (Å²) in [7, 11) is 0. The van der Waals surface area contributed by atoms with E-state index in [1.54, 1.807) is 30.3 Å². The van der Waals surface area contributed by atoms with E-state index in [2.05, 4.69) is 16.0 Å². The van der Waals surface area contributed by atoms with Crippen LogP contribution >= 0.6 is 0 Å². The molecule has 1 aromatic rings. The Labute approximate surface area is 193 Å². The zero-order chi connectivity index (χ0) is 25.0. The topological polar surface area (TPSA) is 197 Å². The highest BCUT2D eigenvalue weighted by Gasteiger charge is 2.31. The number of carbonyl (C=O) groups excluding carboxylic acids is 3. The molecule has 0 aliphatic heterocycles. The van der Waals surface area contributed by atoms with Crippen LogP contribution in [0.3, 0.4) is 0 Å². The van der Waals surface area contributed by atoms with Gasteiger partial charge in [0.05, 0.1) is 12.1 Å². The molecule has 9 N–H and O–H groups in total. The van der Waals surface area contributed by atoms with Crippen LogP contribution < -0.4 is 27.4 Å². The zero-order valence-corrected chi connectivity index (χ0v) is 19.0. The fourth-order valence-corrected chi connectivity index (χ4v) is 3.04. The van der Waals surface area contributed by atoms with Crippen LogP contribution in [0.25, 0.3) is 0 Å². The minimum atomic E-state index is -1.55. The first-order valence-corrected chi connectivity index (χ1v) is 10.9.